The second-order valence-corrected chi connectivity index (χ2v) is 18.4. The number of nitrogens with one attached hydrogen (secondary N) is 4. The molecule has 4 N–H and O–H groups in total. The highest BCUT2D eigenvalue weighted by molar-refractivity contribution is 6.38. The zero-order chi connectivity index (χ0) is 40.9. The number of alkyl carbamates (subject to hydrolysis) is 1. The van der Waals surface area contributed by atoms with Crippen molar-refractivity contribution >= 4 is 41.4 Å². The van der Waals surface area contributed by atoms with Crippen LogP contribution in [0.3, 0.4) is 0 Å². The quantitative estimate of drug-likeness (QED) is 0.207. The van der Waals surface area contributed by atoms with Crippen LogP contribution < -0.4 is 21.3 Å². The largest absolute Gasteiger partial charge is 0.444 e. The van der Waals surface area contributed by atoms with E-state index >= 15 is 0 Å². The second kappa shape index (κ2) is 17.8. The molecule has 1 saturated heterocycles. The van der Waals surface area contributed by atoms with Gasteiger partial charge in [0.15, 0.2) is 0 Å². The van der Waals surface area contributed by atoms with Crippen molar-refractivity contribution in [3.05, 3.63) is 35.9 Å². The number of benzene rings is 1. The third-order valence-corrected chi connectivity index (χ3v) is 11.7. The molecule has 3 saturated carbocycles. The SMILES string of the molecule is CN(C)C(=O)[C@@H](NC(=O)CNC(=O)C(=O)C(CC1CC1)NC(=O)[C@@H]1C2CC(C)(C)CC2CN1C(=O)[C@@H](NC(=O)OC(C)(C)C)C1CCCCC1)c1ccccc1. The van der Waals surface area contributed by atoms with E-state index < -0.39 is 65.9 Å². The van der Waals surface area contributed by atoms with Gasteiger partial charge in [0.1, 0.15) is 23.7 Å². The number of likely N-dealkylation sites (tertiary alicyclic amines) is 1. The molecule has 1 aliphatic heterocycles. The molecular weight excluding hydrogens is 716 g/mol. The Bertz CT molecular complexity index is 1630. The van der Waals surface area contributed by atoms with Crippen molar-refractivity contribution in [1.29, 1.82) is 0 Å². The number of likely N-dealkylation sites (N-methyl/N-ethyl adjacent to an activating group) is 1. The number of carbonyl (C=O) groups is 7. The molecule has 0 radical (unpaired) electrons. The summed E-state index contributed by atoms with van der Waals surface area (Å²) in [6.45, 7) is 9.38. The van der Waals surface area contributed by atoms with Crippen molar-refractivity contribution in [1.82, 2.24) is 31.1 Å². The summed E-state index contributed by atoms with van der Waals surface area (Å²) in [5.41, 5.74) is -0.259. The van der Waals surface area contributed by atoms with Crippen LogP contribution in [-0.4, -0.2) is 102 Å². The topological polar surface area (TPSA) is 183 Å². The van der Waals surface area contributed by atoms with Crippen LogP contribution in [-0.2, 0) is 33.5 Å². The van der Waals surface area contributed by atoms with Gasteiger partial charge in [-0.1, -0.05) is 76.3 Å². The van der Waals surface area contributed by atoms with Gasteiger partial charge < -0.3 is 35.8 Å². The highest BCUT2D eigenvalue weighted by Crippen LogP contribution is 2.51. The number of ether oxygens (including phenoxy) is 1. The predicted octanol–water partition coefficient (Wildman–Crippen LogP) is 3.64. The van der Waals surface area contributed by atoms with Gasteiger partial charge in [-0.05, 0) is 87.5 Å². The minimum Gasteiger partial charge on any atom is -0.444 e. The van der Waals surface area contributed by atoms with Crippen molar-refractivity contribution in [2.24, 2.45) is 29.1 Å². The zero-order valence-corrected chi connectivity index (χ0v) is 34.2. The van der Waals surface area contributed by atoms with Gasteiger partial charge >= 0.3 is 6.09 Å². The molecule has 0 aromatic heterocycles. The lowest BCUT2D eigenvalue weighted by Gasteiger charge is -2.36. The first-order valence-electron chi connectivity index (χ1n) is 20.3. The Morgan fingerprint density at radius 2 is 1.55 bits per heavy atom. The lowest BCUT2D eigenvalue weighted by Crippen LogP contribution is -2.59. The molecule has 0 bridgehead atoms. The van der Waals surface area contributed by atoms with Crippen LogP contribution in [0.4, 0.5) is 4.79 Å². The van der Waals surface area contributed by atoms with Crippen LogP contribution in [0.25, 0.3) is 0 Å². The van der Waals surface area contributed by atoms with Gasteiger partial charge in [0.25, 0.3) is 5.91 Å². The zero-order valence-electron chi connectivity index (χ0n) is 34.2. The number of amides is 6. The monoisotopic (exact) mass is 778 g/mol. The first-order chi connectivity index (χ1) is 26.3. The highest BCUT2D eigenvalue weighted by atomic mass is 16.6. The minimum absolute atomic E-state index is 0.0525. The maximum absolute atomic E-state index is 14.6. The fourth-order valence-corrected chi connectivity index (χ4v) is 8.93. The Morgan fingerprint density at radius 3 is 2.16 bits per heavy atom. The van der Waals surface area contributed by atoms with Crippen LogP contribution in [0.2, 0.25) is 0 Å². The highest BCUT2D eigenvalue weighted by Gasteiger charge is 2.55. The van der Waals surface area contributed by atoms with Crippen LogP contribution in [0.5, 0.6) is 0 Å². The molecular formula is C42H62N6O8. The molecule has 3 unspecified atom stereocenters. The maximum Gasteiger partial charge on any atom is 0.408 e. The molecule has 0 spiro atoms. The smallest absolute Gasteiger partial charge is 0.408 e. The van der Waals surface area contributed by atoms with Crippen LogP contribution in [0.15, 0.2) is 30.3 Å². The molecule has 6 atom stereocenters. The van der Waals surface area contributed by atoms with Crippen molar-refractivity contribution in [2.45, 2.75) is 129 Å². The average molecular weight is 779 g/mol. The Labute approximate surface area is 331 Å². The molecule has 6 amide bonds. The molecule has 4 aliphatic rings. The molecule has 308 valence electrons. The van der Waals surface area contributed by atoms with Crippen molar-refractivity contribution < 1.29 is 38.3 Å². The number of fused-ring (bicyclic) bond motifs is 1. The van der Waals surface area contributed by atoms with Crippen LogP contribution in [0, 0.1) is 29.1 Å². The van der Waals surface area contributed by atoms with Gasteiger partial charge in [-0.2, -0.15) is 0 Å². The van der Waals surface area contributed by atoms with E-state index in [1.165, 1.54) is 4.90 Å². The minimum atomic E-state index is -1.16. The summed E-state index contributed by atoms with van der Waals surface area (Å²) in [6.07, 6.45) is 7.25. The third-order valence-electron chi connectivity index (χ3n) is 11.7. The Balaban J connectivity index is 1.31. The Morgan fingerprint density at radius 1 is 0.893 bits per heavy atom. The second-order valence-electron chi connectivity index (χ2n) is 18.4. The van der Waals surface area contributed by atoms with Gasteiger partial charge in [-0.15, -0.1) is 0 Å². The first-order valence-corrected chi connectivity index (χ1v) is 20.3. The standard InChI is InChI=1S/C42H62N6O8/c1-41(2,3)56-40(55)46-33(27-16-12-9-13-17-27)39(54)48-24-28-21-42(4,5)22-29(28)34(48)36(51)44-30(20-25-18-19-25)35(50)37(52)43-23-31(49)45-32(38(53)47(6)7)26-14-10-8-11-15-26/h8,10-11,14-15,25,27-30,32-34H,9,12-13,16-24H2,1-7H3,(H,43,52)(H,44,51)(H,45,49)(H,46,55)/t28?,29?,30?,32-,33-,34-/m0/s1. The Kier molecular flexibility index (Phi) is 13.5. The number of hydrogen-bond donors (Lipinski definition) is 4. The number of hydrogen-bond acceptors (Lipinski definition) is 8. The average Bonchev–Trinajstić information content (AvgIpc) is 3.82. The number of nitrogens with zero attached hydrogens (tertiary/aromatic N) is 2. The molecule has 1 aromatic carbocycles. The van der Waals surface area contributed by atoms with Crippen molar-refractivity contribution in [2.75, 3.05) is 27.2 Å². The van der Waals surface area contributed by atoms with Crippen LogP contribution >= 0.6 is 0 Å². The van der Waals surface area contributed by atoms with E-state index in [4.69, 9.17) is 4.74 Å². The first kappa shape index (κ1) is 42.6. The van der Waals surface area contributed by atoms with E-state index in [2.05, 4.69) is 35.1 Å². The van der Waals surface area contributed by atoms with Gasteiger partial charge in [-0.25, -0.2) is 4.79 Å². The summed E-state index contributed by atoms with van der Waals surface area (Å²) in [5, 5.41) is 10.8. The van der Waals surface area contributed by atoms with E-state index in [0.29, 0.717) is 18.5 Å². The predicted molar refractivity (Wildman–Crippen MR) is 209 cm³/mol. The lowest BCUT2D eigenvalue weighted by atomic mass is 9.83. The molecule has 1 heterocycles. The van der Waals surface area contributed by atoms with Gasteiger partial charge in [0.2, 0.25) is 29.4 Å². The summed E-state index contributed by atoms with van der Waals surface area (Å²) >= 11 is 0. The summed E-state index contributed by atoms with van der Waals surface area (Å²) in [5.74, 6) is -3.84. The Hall–Kier alpha value is -4.49. The van der Waals surface area contributed by atoms with E-state index in [9.17, 15) is 33.6 Å². The molecule has 14 heteroatoms. The van der Waals surface area contributed by atoms with E-state index in [1.54, 1.807) is 70.1 Å². The summed E-state index contributed by atoms with van der Waals surface area (Å²) in [4.78, 5) is 98.2. The lowest BCUT2D eigenvalue weighted by molar-refractivity contribution is -0.144. The van der Waals surface area contributed by atoms with Gasteiger partial charge in [-0.3, -0.25) is 28.8 Å². The van der Waals surface area contributed by atoms with Crippen molar-refractivity contribution in [3.63, 3.8) is 0 Å². The van der Waals surface area contributed by atoms with E-state index in [1.807, 2.05) is 0 Å². The molecule has 14 nitrogen and oxygen atoms in total. The molecule has 1 aromatic rings. The summed E-state index contributed by atoms with van der Waals surface area (Å²) in [6, 6.07) is 4.78. The maximum atomic E-state index is 14.6. The van der Waals surface area contributed by atoms with E-state index in [0.717, 1.165) is 51.4 Å². The van der Waals surface area contributed by atoms with E-state index in [-0.39, 0.29) is 47.3 Å². The normalized spacial score (nSPS) is 23.5. The third kappa shape index (κ3) is 11.1. The fraction of sp³-hybridized carbons (Fsp3) is 0.690. The molecule has 3 aliphatic carbocycles. The van der Waals surface area contributed by atoms with Gasteiger partial charge in [0, 0.05) is 20.6 Å². The van der Waals surface area contributed by atoms with Gasteiger partial charge in [0.05, 0.1) is 12.6 Å². The van der Waals surface area contributed by atoms with Crippen LogP contribution in [0.1, 0.15) is 110 Å². The number of ketones is 1. The molecule has 4 fully saturated rings. The number of carbonyl (C=O) groups excluding carboxylic acids is 7. The van der Waals surface area contributed by atoms with Crippen molar-refractivity contribution in [3.8, 4) is 0 Å². The molecule has 56 heavy (non-hydrogen) atoms. The number of Topliss-reactive ketones (excluding diaryl/α,β-unsaturated/α-hetero) is 1. The fourth-order valence-electron chi connectivity index (χ4n) is 8.93. The number of rotatable bonds is 14. The summed E-state index contributed by atoms with van der Waals surface area (Å²) in [7, 11) is 3.15. The molecule has 5 rings (SSSR count). The summed E-state index contributed by atoms with van der Waals surface area (Å²) < 4.78 is 5.57.